The molecule has 5 rings (SSSR count). The minimum Gasteiger partial charge on any atom is -0.492 e. The van der Waals surface area contributed by atoms with Crippen molar-refractivity contribution < 1.29 is 23.5 Å². The third-order valence-electron chi connectivity index (χ3n) is 7.15. The maximum atomic E-state index is 14.5. The van der Waals surface area contributed by atoms with E-state index >= 15 is 0 Å². The van der Waals surface area contributed by atoms with Crippen LogP contribution in [0.4, 0.5) is 10.1 Å². The minimum absolute atomic E-state index is 0.135. The van der Waals surface area contributed by atoms with E-state index < -0.39 is 12.0 Å². The topological polar surface area (TPSA) is 76.7 Å². The summed E-state index contributed by atoms with van der Waals surface area (Å²) in [5.74, 6) is -0.145. The molecule has 4 aromatic carbocycles. The van der Waals surface area contributed by atoms with E-state index in [4.69, 9.17) is 9.47 Å². The van der Waals surface area contributed by atoms with Gasteiger partial charge < -0.3 is 20.1 Å². The van der Waals surface area contributed by atoms with Crippen LogP contribution in [0, 0.1) is 5.82 Å². The Kier molecular flexibility index (Phi) is 10.5. The molecule has 0 aliphatic rings. The van der Waals surface area contributed by atoms with Crippen LogP contribution in [-0.4, -0.2) is 38.1 Å². The summed E-state index contributed by atoms with van der Waals surface area (Å²) in [5.41, 5.74) is 3.08. The average molecular weight is 609 g/mol. The maximum absolute atomic E-state index is 14.5. The quantitative estimate of drug-likeness (QED) is 0.0798. The third-order valence-corrected chi connectivity index (χ3v) is 8.09. The van der Waals surface area contributed by atoms with Gasteiger partial charge in [-0.2, -0.15) is 0 Å². The van der Waals surface area contributed by atoms with E-state index in [1.54, 1.807) is 53.8 Å². The molecule has 5 aromatic rings. The van der Waals surface area contributed by atoms with Crippen molar-refractivity contribution in [3.63, 3.8) is 0 Å². The molecule has 0 aliphatic carbocycles. The summed E-state index contributed by atoms with van der Waals surface area (Å²) in [6.45, 7) is 0.891. The lowest BCUT2D eigenvalue weighted by Crippen LogP contribution is -2.33. The fourth-order valence-corrected chi connectivity index (χ4v) is 5.75. The SMILES string of the molecule is COC(=O)[C@H](Cc1ccc(OCCNC(c2cccs2)c2ccccc2F)cc1)Nc1ccccc1C(=O)c1ccccc1. The molecule has 0 bridgehead atoms. The number of rotatable bonds is 14. The molecule has 0 fully saturated rings. The van der Waals surface area contributed by atoms with E-state index in [2.05, 4.69) is 10.6 Å². The molecule has 0 saturated heterocycles. The Balaban J connectivity index is 1.20. The normalized spacial score (nSPS) is 12.2. The van der Waals surface area contributed by atoms with Crippen LogP contribution >= 0.6 is 11.3 Å². The number of benzene rings is 4. The Hall–Kier alpha value is -4.79. The van der Waals surface area contributed by atoms with Crippen molar-refractivity contribution in [1.29, 1.82) is 0 Å². The number of thiophene rings is 1. The number of halogens is 1. The second kappa shape index (κ2) is 15.1. The molecule has 44 heavy (non-hydrogen) atoms. The second-order valence-electron chi connectivity index (χ2n) is 10.1. The lowest BCUT2D eigenvalue weighted by Gasteiger charge is -2.20. The Morgan fingerprint density at radius 1 is 0.841 bits per heavy atom. The Morgan fingerprint density at radius 2 is 1.57 bits per heavy atom. The standard InChI is InChI=1S/C36H33FN2O4S/c1-42-36(41)32(39-31-15-8-6-13-29(31)35(40)26-10-3-2-4-11-26)24-25-17-19-27(20-18-25)43-22-21-38-34(33-16-9-23-44-33)28-12-5-7-14-30(28)37/h2-20,23,32,34,38-39H,21-22,24H2,1H3/t32-,34?/m0/s1. The van der Waals surface area contributed by atoms with Gasteiger partial charge in [-0.05, 0) is 47.3 Å². The maximum Gasteiger partial charge on any atom is 0.328 e. The monoisotopic (exact) mass is 608 g/mol. The van der Waals surface area contributed by atoms with E-state index in [0.29, 0.717) is 47.7 Å². The van der Waals surface area contributed by atoms with Crippen molar-refractivity contribution in [2.75, 3.05) is 25.6 Å². The second-order valence-corrected chi connectivity index (χ2v) is 11.1. The number of esters is 1. The molecular formula is C36H33FN2O4S. The Bertz CT molecular complexity index is 1660. The van der Waals surface area contributed by atoms with Crippen molar-refractivity contribution in [3.05, 3.63) is 154 Å². The minimum atomic E-state index is -0.715. The molecular weight excluding hydrogens is 575 g/mol. The van der Waals surface area contributed by atoms with E-state index in [1.807, 2.05) is 72.1 Å². The van der Waals surface area contributed by atoms with Gasteiger partial charge in [-0.3, -0.25) is 4.79 Å². The van der Waals surface area contributed by atoms with Crippen LogP contribution in [0.1, 0.15) is 38.0 Å². The Morgan fingerprint density at radius 3 is 2.30 bits per heavy atom. The number of hydrogen-bond donors (Lipinski definition) is 2. The number of ether oxygens (including phenoxy) is 2. The van der Waals surface area contributed by atoms with Crippen molar-refractivity contribution >= 4 is 28.8 Å². The van der Waals surface area contributed by atoms with Crippen LogP contribution in [-0.2, 0) is 16.0 Å². The molecule has 224 valence electrons. The molecule has 0 amide bonds. The van der Waals surface area contributed by atoms with Gasteiger partial charge in [0.15, 0.2) is 5.78 Å². The van der Waals surface area contributed by atoms with Gasteiger partial charge in [0.1, 0.15) is 24.2 Å². The van der Waals surface area contributed by atoms with E-state index in [9.17, 15) is 14.0 Å². The molecule has 0 radical (unpaired) electrons. The average Bonchev–Trinajstić information content (AvgIpc) is 3.60. The number of ketones is 1. The summed E-state index contributed by atoms with van der Waals surface area (Å²) in [7, 11) is 1.35. The molecule has 0 spiro atoms. The van der Waals surface area contributed by atoms with Crippen molar-refractivity contribution in [2.24, 2.45) is 0 Å². The highest BCUT2D eigenvalue weighted by atomic mass is 32.1. The van der Waals surface area contributed by atoms with Gasteiger partial charge in [0.05, 0.1) is 13.2 Å². The highest BCUT2D eigenvalue weighted by Crippen LogP contribution is 2.28. The largest absolute Gasteiger partial charge is 0.492 e. The number of para-hydroxylation sites is 1. The van der Waals surface area contributed by atoms with Crippen LogP contribution in [0.25, 0.3) is 0 Å². The predicted molar refractivity (Wildman–Crippen MR) is 172 cm³/mol. The van der Waals surface area contributed by atoms with Crippen molar-refractivity contribution in [3.8, 4) is 5.75 Å². The first kappa shape index (κ1) is 30.7. The summed E-state index contributed by atoms with van der Waals surface area (Å²) >= 11 is 1.58. The first-order valence-corrected chi connectivity index (χ1v) is 15.2. The van der Waals surface area contributed by atoms with E-state index in [0.717, 1.165) is 10.4 Å². The molecule has 8 heteroatoms. The molecule has 0 aliphatic heterocycles. The molecule has 1 heterocycles. The van der Waals surface area contributed by atoms with E-state index in [-0.39, 0.29) is 17.6 Å². The van der Waals surface area contributed by atoms with E-state index in [1.165, 1.54) is 13.2 Å². The molecule has 2 N–H and O–H groups in total. The number of nitrogens with one attached hydrogen (secondary N) is 2. The predicted octanol–water partition coefficient (Wildman–Crippen LogP) is 7.07. The van der Waals surface area contributed by atoms with Crippen LogP contribution < -0.4 is 15.4 Å². The first-order valence-electron chi connectivity index (χ1n) is 14.3. The van der Waals surface area contributed by atoms with Crippen LogP contribution in [0.3, 0.4) is 0 Å². The molecule has 1 aromatic heterocycles. The first-order chi connectivity index (χ1) is 21.5. The number of methoxy groups -OCH3 is 1. The molecule has 0 saturated carbocycles. The smallest absolute Gasteiger partial charge is 0.328 e. The highest BCUT2D eigenvalue weighted by Gasteiger charge is 2.23. The van der Waals surface area contributed by atoms with Crippen molar-refractivity contribution in [2.45, 2.75) is 18.5 Å². The summed E-state index contributed by atoms with van der Waals surface area (Å²) < 4.78 is 25.6. The van der Waals surface area contributed by atoms with Crippen molar-refractivity contribution in [1.82, 2.24) is 5.32 Å². The van der Waals surface area contributed by atoms with Crippen LogP contribution in [0.15, 0.2) is 121 Å². The van der Waals surface area contributed by atoms with Gasteiger partial charge in [-0.1, -0.05) is 78.9 Å². The zero-order chi connectivity index (χ0) is 30.7. The summed E-state index contributed by atoms with van der Waals surface area (Å²) in [4.78, 5) is 27.0. The number of carbonyl (C=O) groups excluding carboxylic acids is 2. The lowest BCUT2D eigenvalue weighted by molar-refractivity contribution is -0.141. The van der Waals surface area contributed by atoms with Gasteiger partial charge >= 0.3 is 5.97 Å². The zero-order valence-electron chi connectivity index (χ0n) is 24.2. The number of carbonyl (C=O) groups is 2. The van der Waals surface area contributed by atoms with Crippen LogP contribution in [0.5, 0.6) is 5.75 Å². The summed E-state index contributed by atoms with van der Waals surface area (Å²) in [6, 6.07) is 33.4. The summed E-state index contributed by atoms with van der Waals surface area (Å²) in [5, 5.41) is 8.62. The van der Waals surface area contributed by atoms with Gasteiger partial charge in [-0.15, -0.1) is 11.3 Å². The van der Waals surface area contributed by atoms with Crippen LogP contribution in [0.2, 0.25) is 0 Å². The van der Waals surface area contributed by atoms with Gasteiger partial charge in [-0.25, -0.2) is 9.18 Å². The molecule has 1 unspecified atom stereocenters. The fourth-order valence-electron chi connectivity index (χ4n) is 4.93. The highest BCUT2D eigenvalue weighted by molar-refractivity contribution is 7.10. The summed E-state index contributed by atoms with van der Waals surface area (Å²) in [6.07, 6.45) is 0.341. The van der Waals surface area contributed by atoms with Gasteiger partial charge in [0.25, 0.3) is 0 Å². The number of hydrogen-bond acceptors (Lipinski definition) is 7. The zero-order valence-corrected chi connectivity index (χ0v) is 25.1. The lowest BCUT2D eigenvalue weighted by atomic mass is 10.00. The van der Waals surface area contributed by atoms with Gasteiger partial charge in [0, 0.05) is 40.2 Å². The fraction of sp³-hybridized carbons (Fsp3) is 0.167. The number of anilines is 1. The third kappa shape index (κ3) is 7.78. The van der Waals surface area contributed by atoms with Gasteiger partial charge in [0.2, 0.25) is 0 Å². The Labute approximate surface area is 260 Å². The molecule has 6 nitrogen and oxygen atoms in total. The molecule has 2 atom stereocenters.